The van der Waals surface area contributed by atoms with Crippen molar-refractivity contribution in [3.05, 3.63) is 103 Å². The predicted molar refractivity (Wildman–Crippen MR) is 140 cm³/mol. The smallest absolute Gasteiger partial charge is 0.269 e. The summed E-state index contributed by atoms with van der Waals surface area (Å²) in [6.45, 7) is 0. The third-order valence-corrected chi connectivity index (χ3v) is 5.80. The third-order valence-electron chi connectivity index (χ3n) is 5.44. The zero-order valence-electron chi connectivity index (χ0n) is 18.3. The number of rotatable bonds is 4. The first-order valence-electron chi connectivity index (χ1n) is 10.6. The summed E-state index contributed by atoms with van der Waals surface area (Å²) in [6.07, 6.45) is 3.25. The van der Waals surface area contributed by atoms with Crippen LogP contribution in [0.25, 0.3) is 21.8 Å². The normalized spacial score (nSPS) is 10.7. The van der Waals surface area contributed by atoms with Gasteiger partial charge >= 0.3 is 0 Å². The van der Waals surface area contributed by atoms with Gasteiger partial charge in [-0.15, -0.1) is 0 Å². The second-order valence-corrected chi connectivity index (χ2v) is 8.05. The summed E-state index contributed by atoms with van der Waals surface area (Å²) >= 11 is 5.49. The highest BCUT2D eigenvalue weighted by Gasteiger charge is 2.12. The molecule has 1 aromatic heterocycles. The lowest BCUT2D eigenvalue weighted by molar-refractivity contribution is 0.102. The molecule has 5 rings (SSSR count). The van der Waals surface area contributed by atoms with Crippen LogP contribution < -0.4 is 15.0 Å². The number of amides is 1. The monoisotopic (exact) mass is 464 g/mol. The van der Waals surface area contributed by atoms with Crippen LogP contribution in [0.15, 0.2) is 97.3 Å². The lowest BCUT2D eigenvalue weighted by Crippen LogP contribution is -2.29. The van der Waals surface area contributed by atoms with Crippen LogP contribution in [0.4, 0.5) is 11.4 Å². The number of ether oxygens (including phenoxy) is 1. The molecule has 0 radical (unpaired) electrons. The Balaban J connectivity index is 1.24. The van der Waals surface area contributed by atoms with E-state index in [0.29, 0.717) is 27.7 Å². The van der Waals surface area contributed by atoms with Crippen molar-refractivity contribution in [2.75, 3.05) is 17.3 Å². The Labute approximate surface area is 201 Å². The minimum atomic E-state index is -0.231. The van der Waals surface area contributed by atoms with Gasteiger partial charge in [0.25, 0.3) is 11.1 Å². The largest absolute Gasteiger partial charge is 0.432 e. The number of nitrogens with zero attached hydrogens (tertiary/aromatic N) is 3. The van der Waals surface area contributed by atoms with E-state index < -0.39 is 0 Å². The second kappa shape index (κ2) is 9.25. The summed E-state index contributed by atoms with van der Waals surface area (Å²) in [7, 11) is 1.86. The van der Waals surface area contributed by atoms with Gasteiger partial charge in [-0.1, -0.05) is 30.3 Å². The molecule has 0 aliphatic heterocycles. The van der Waals surface area contributed by atoms with Crippen molar-refractivity contribution in [1.82, 2.24) is 9.97 Å². The SMILES string of the molecule is CN(C(=S)Oc1ccc(C(=O)Nc2ccc3nccnc3c2)cc1)c1ccc2ccccc2c1. The van der Waals surface area contributed by atoms with Crippen molar-refractivity contribution < 1.29 is 9.53 Å². The molecule has 0 saturated heterocycles. The van der Waals surface area contributed by atoms with Crippen molar-refractivity contribution >= 4 is 56.5 Å². The first kappa shape index (κ1) is 21.5. The number of benzene rings is 4. The first-order valence-corrected chi connectivity index (χ1v) is 11.0. The van der Waals surface area contributed by atoms with Crippen LogP contribution in [-0.4, -0.2) is 28.1 Å². The highest BCUT2D eigenvalue weighted by molar-refractivity contribution is 7.80. The van der Waals surface area contributed by atoms with E-state index >= 15 is 0 Å². The van der Waals surface area contributed by atoms with Gasteiger partial charge in [-0.3, -0.25) is 14.8 Å². The molecule has 0 aliphatic carbocycles. The minimum Gasteiger partial charge on any atom is -0.432 e. The van der Waals surface area contributed by atoms with Gasteiger partial charge in [-0.05, 0) is 77.6 Å². The number of nitrogens with one attached hydrogen (secondary N) is 1. The number of hydrogen-bond acceptors (Lipinski definition) is 5. The molecule has 34 heavy (non-hydrogen) atoms. The number of thiocarbonyl (C=S) groups is 1. The molecule has 1 heterocycles. The average molecular weight is 465 g/mol. The molecular weight excluding hydrogens is 444 g/mol. The minimum absolute atomic E-state index is 0.231. The zero-order valence-corrected chi connectivity index (χ0v) is 19.1. The Morgan fingerprint density at radius 2 is 1.59 bits per heavy atom. The molecule has 0 spiro atoms. The fraction of sp³-hybridized carbons (Fsp3) is 0.0370. The molecule has 0 unspecified atom stereocenters. The van der Waals surface area contributed by atoms with Crippen LogP contribution in [0.5, 0.6) is 5.75 Å². The molecule has 6 nitrogen and oxygen atoms in total. The quantitative estimate of drug-likeness (QED) is 0.337. The summed E-state index contributed by atoms with van der Waals surface area (Å²) in [4.78, 5) is 23.0. The van der Waals surface area contributed by atoms with Crippen LogP contribution in [0.1, 0.15) is 10.4 Å². The molecule has 7 heteroatoms. The number of hydrogen-bond donors (Lipinski definition) is 1. The van der Waals surface area contributed by atoms with Crippen LogP contribution in [-0.2, 0) is 0 Å². The summed E-state index contributed by atoms with van der Waals surface area (Å²) in [5.41, 5.74) is 3.57. The van der Waals surface area contributed by atoms with E-state index in [1.807, 2.05) is 36.2 Å². The Hall–Kier alpha value is -4.36. The fourth-order valence-corrected chi connectivity index (χ4v) is 3.78. The number of carbonyl (C=O) groups excluding carboxylic acids is 1. The van der Waals surface area contributed by atoms with E-state index in [1.165, 1.54) is 0 Å². The molecule has 0 bridgehead atoms. The van der Waals surface area contributed by atoms with Crippen molar-refractivity contribution in [2.45, 2.75) is 0 Å². The van der Waals surface area contributed by atoms with E-state index in [0.717, 1.165) is 22.0 Å². The van der Waals surface area contributed by atoms with Crippen molar-refractivity contribution in [1.29, 1.82) is 0 Å². The van der Waals surface area contributed by atoms with Gasteiger partial charge in [0.15, 0.2) is 0 Å². The standard InChI is InChI=1S/C27H20N4O2S/c1-31(22-10-6-18-4-2-3-5-20(18)16-22)27(34)33-23-11-7-19(8-12-23)26(32)30-21-9-13-24-25(17-21)29-15-14-28-24/h2-17H,1H3,(H,30,32). The van der Waals surface area contributed by atoms with Gasteiger partial charge in [0.05, 0.1) is 11.0 Å². The maximum atomic E-state index is 12.7. The molecule has 1 N–H and O–H groups in total. The lowest BCUT2D eigenvalue weighted by atomic mass is 10.1. The van der Waals surface area contributed by atoms with E-state index in [-0.39, 0.29) is 5.91 Å². The number of aromatic nitrogens is 2. The van der Waals surface area contributed by atoms with E-state index in [4.69, 9.17) is 17.0 Å². The fourth-order valence-electron chi connectivity index (χ4n) is 3.58. The third kappa shape index (κ3) is 4.55. The number of carbonyl (C=O) groups is 1. The summed E-state index contributed by atoms with van der Waals surface area (Å²) in [6, 6.07) is 26.5. The second-order valence-electron chi connectivity index (χ2n) is 7.70. The highest BCUT2D eigenvalue weighted by Crippen LogP contribution is 2.23. The van der Waals surface area contributed by atoms with Crippen molar-refractivity contribution in [3.63, 3.8) is 0 Å². The maximum Gasteiger partial charge on any atom is 0.269 e. The predicted octanol–water partition coefficient (Wildman–Crippen LogP) is 5.84. The molecule has 0 atom stereocenters. The molecular formula is C27H20N4O2S. The van der Waals surface area contributed by atoms with Crippen LogP contribution in [0.2, 0.25) is 0 Å². The van der Waals surface area contributed by atoms with Gasteiger partial charge < -0.3 is 15.0 Å². The van der Waals surface area contributed by atoms with Crippen molar-refractivity contribution in [2.24, 2.45) is 0 Å². The summed E-state index contributed by atoms with van der Waals surface area (Å²) in [5, 5.41) is 5.49. The highest BCUT2D eigenvalue weighted by atomic mass is 32.1. The van der Waals surface area contributed by atoms with Gasteiger partial charge in [-0.25, -0.2) is 0 Å². The van der Waals surface area contributed by atoms with E-state index in [9.17, 15) is 4.79 Å². The Morgan fingerprint density at radius 3 is 2.38 bits per heavy atom. The van der Waals surface area contributed by atoms with Gasteiger partial charge in [0.1, 0.15) is 5.75 Å². The number of fused-ring (bicyclic) bond motifs is 2. The zero-order chi connectivity index (χ0) is 23.5. The Kier molecular flexibility index (Phi) is 5.84. The van der Waals surface area contributed by atoms with Gasteiger partial charge in [0.2, 0.25) is 0 Å². The number of anilines is 2. The van der Waals surface area contributed by atoms with Crippen molar-refractivity contribution in [3.8, 4) is 5.75 Å². The Bertz CT molecular complexity index is 1520. The first-order chi connectivity index (χ1) is 16.6. The molecule has 4 aromatic carbocycles. The topological polar surface area (TPSA) is 67.3 Å². The molecule has 1 amide bonds. The average Bonchev–Trinajstić information content (AvgIpc) is 2.88. The molecule has 5 aromatic rings. The summed E-state index contributed by atoms with van der Waals surface area (Å²) in [5.74, 6) is 0.320. The lowest BCUT2D eigenvalue weighted by Gasteiger charge is -2.20. The molecule has 0 saturated carbocycles. The van der Waals surface area contributed by atoms with E-state index in [1.54, 1.807) is 48.8 Å². The summed E-state index contributed by atoms with van der Waals surface area (Å²) < 4.78 is 5.85. The van der Waals surface area contributed by atoms with E-state index in [2.05, 4.69) is 39.6 Å². The molecule has 0 aliphatic rings. The van der Waals surface area contributed by atoms with Crippen LogP contribution >= 0.6 is 12.2 Å². The Morgan fingerprint density at radius 1 is 0.853 bits per heavy atom. The molecule has 166 valence electrons. The van der Waals surface area contributed by atoms with Gasteiger partial charge in [-0.2, -0.15) is 0 Å². The van der Waals surface area contributed by atoms with Crippen LogP contribution in [0.3, 0.4) is 0 Å². The van der Waals surface area contributed by atoms with Crippen LogP contribution in [0, 0.1) is 0 Å². The van der Waals surface area contributed by atoms with Gasteiger partial charge in [0, 0.05) is 36.4 Å². The molecule has 0 fully saturated rings. The maximum absolute atomic E-state index is 12.7.